The Morgan fingerprint density at radius 2 is 1.38 bits per heavy atom. The minimum absolute atomic E-state index is 0.0547. The molecule has 3 amide bonds. The van der Waals surface area contributed by atoms with Crippen LogP contribution in [0, 0.1) is 0 Å². The van der Waals surface area contributed by atoms with E-state index in [4.69, 9.17) is 18.9 Å². The number of nitrogens with one attached hydrogen (secondary N) is 3. The van der Waals surface area contributed by atoms with Crippen LogP contribution >= 0.6 is 0 Å². The number of benzene rings is 3. The second-order valence-corrected chi connectivity index (χ2v) is 12.3. The second-order valence-electron chi connectivity index (χ2n) is 12.3. The first-order valence-electron chi connectivity index (χ1n) is 15.8. The highest BCUT2D eigenvalue weighted by atomic mass is 16.6. The summed E-state index contributed by atoms with van der Waals surface area (Å²) in [4.78, 5) is 48.3. The van der Waals surface area contributed by atoms with Gasteiger partial charge in [0.1, 0.15) is 24.9 Å². The third-order valence-corrected chi connectivity index (χ3v) is 7.41. The first-order valence-corrected chi connectivity index (χ1v) is 15.8. The van der Waals surface area contributed by atoms with E-state index in [1.54, 1.807) is 45.0 Å². The number of ether oxygens (including phenoxy) is 4. The smallest absolute Gasteiger partial charge is 0.407 e. The van der Waals surface area contributed by atoms with Gasteiger partial charge in [-0.2, -0.15) is 0 Å². The van der Waals surface area contributed by atoms with Crippen molar-refractivity contribution in [3.63, 3.8) is 0 Å². The summed E-state index contributed by atoms with van der Waals surface area (Å²) in [6.07, 6.45) is -1.26. The zero-order valence-electron chi connectivity index (χ0n) is 27.5. The van der Waals surface area contributed by atoms with Crippen molar-refractivity contribution in [2.75, 3.05) is 39.6 Å². The topological polar surface area (TPSA) is 162 Å². The first-order chi connectivity index (χ1) is 23.0. The Bertz CT molecular complexity index is 1510. The van der Waals surface area contributed by atoms with E-state index in [-0.39, 0.29) is 57.8 Å². The fraction of sp³-hybridized carbons (Fsp3) is 0.389. The van der Waals surface area contributed by atoms with E-state index in [1.165, 1.54) is 0 Å². The van der Waals surface area contributed by atoms with Gasteiger partial charge in [-0.1, -0.05) is 72.8 Å². The fourth-order valence-corrected chi connectivity index (χ4v) is 5.19. The van der Waals surface area contributed by atoms with Crippen molar-refractivity contribution >= 4 is 24.1 Å². The van der Waals surface area contributed by atoms with Gasteiger partial charge in [-0.3, -0.25) is 4.79 Å². The maximum Gasteiger partial charge on any atom is 0.407 e. The van der Waals surface area contributed by atoms with Gasteiger partial charge in [0, 0.05) is 25.4 Å². The van der Waals surface area contributed by atoms with Crippen molar-refractivity contribution < 1.29 is 43.2 Å². The van der Waals surface area contributed by atoms with Gasteiger partial charge in [-0.15, -0.1) is 0 Å². The van der Waals surface area contributed by atoms with E-state index in [9.17, 15) is 24.3 Å². The maximum atomic E-state index is 12.7. The zero-order chi connectivity index (χ0) is 34.5. The van der Waals surface area contributed by atoms with Crippen LogP contribution in [0.5, 0.6) is 0 Å². The number of aliphatic carboxylic acids is 1. The number of rotatable bonds is 16. The number of carboxylic acid groups (broad SMARTS) is 1. The normalized spacial score (nSPS) is 12.7. The maximum absolute atomic E-state index is 12.7. The quantitative estimate of drug-likeness (QED) is 0.163. The molecule has 1 aliphatic carbocycles. The molecule has 3 aromatic rings. The van der Waals surface area contributed by atoms with Crippen LogP contribution in [0.25, 0.3) is 11.1 Å². The molecule has 0 spiro atoms. The average Bonchev–Trinajstić information content (AvgIpc) is 3.37. The van der Waals surface area contributed by atoms with Crippen LogP contribution in [-0.4, -0.2) is 80.4 Å². The summed E-state index contributed by atoms with van der Waals surface area (Å²) in [5, 5.41) is 17.6. The molecule has 0 heterocycles. The molecule has 0 bridgehead atoms. The lowest BCUT2D eigenvalue weighted by atomic mass is 9.98. The van der Waals surface area contributed by atoms with Gasteiger partial charge in [0.05, 0.1) is 19.8 Å². The molecule has 256 valence electrons. The summed E-state index contributed by atoms with van der Waals surface area (Å²) in [6.45, 7) is 6.59. The van der Waals surface area contributed by atoms with Crippen LogP contribution < -0.4 is 16.0 Å². The largest absolute Gasteiger partial charge is 0.480 e. The number of carboxylic acids is 1. The molecule has 0 aromatic heterocycles. The number of alkyl carbamates (subject to hydrolysis) is 2. The Morgan fingerprint density at radius 1 is 0.771 bits per heavy atom. The van der Waals surface area contributed by atoms with Gasteiger partial charge in [-0.25, -0.2) is 14.4 Å². The van der Waals surface area contributed by atoms with Crippen LogP contribution in [-0.2, 0) is 41.5 Å². The molecular formula is C36H43N3O9. The highest BCUT2D eigenvalue weighted by molar-refractivity contribution is 5.81. The number of hydrogen-bond acceptors (Lipinski definition) is 8. The third-order valence-electron chi connectivity index (χ3n) is 7.41. The predicted molar refractivity (Wildman–Crippen MR) is 177 cm³/mol. The van der Waals surface area contributed by atoms with Gasteiger partial charge >= 0.3 is 18.2 Å². The monoisotopic (exact) mass is 661 g/mol. The molecule has 0 aliphatic heterocycles. The fourth-order valence-electron chi connectivity index (χ4n) is 5.19. The Kier molecular flexibility index (Phi) is 12.9. The minimum atomic E-state index is -1.19. The van der Waals surface area contributed by atoms with E-state index < -0.39 is 29.8 Å². The van der Waals surface area contributed by atoms with Gasteiger partial charge < -0.3 is 40.0 Å². The third kappa shape index (κ3) is 11.1. The van der Waals surface area contributed by atoms with E-state index >= 15 is 0 Å². The molecule has 0 saturated heterocycles. The molecule has 4 N–H and O–H groups in total. The Hall–Kier alpha value is -4.94. The van der Waals surface area contributed by atoms with Crippen LogP contribution in [0.15, 0.2) is 72.8 Å². The number of amides is 3. The Morgan fingerprint density at radius 3 is 2.00 bits per heavy atom. The average molecular weight is 662 g/mol. The summed E-state index contributed by atoms with van der Waals surface area (Å²) in [5.74, 6) is -1.61. The number of hydrogen-bond donors (Lipinski definition) is 4. The molecule has 0 unspecified atom stereocenters. The standard InChI is InChI=1S/C36H43N3O9/c1-36(2,3)48-34(43)37-16-17-45-18-19-46-23-32(40)38-21-25-14-12-24(13-15-25)20-31(33(41)42)39-35(44)47-22-30-28-10-6-4-8-26(28)27-9-5-7-11-29(27)30/h4-15,30-31H,16-23H2,1-3H3,(H,37,43)(H,38,40)(H,39,44)(H,41,42)/t31-/m0/s1. The van der Waals surface area contributed by atoms with E-state index in [0.29, 0.717) is 12.1 Å². The second kappa shape index (κ2) is 17.3. The van der Waals surface area contributed by atoms with E-state index in [2.05, 4.69) is 16.0 Å². The van der Waals surface area contributed by atoms with Crippen LogP contribution in [0.4, 0.5) is 9.59 Å². The summed E-state index contributed by atoms with van der Waals surface area (Å²) < 4.78 is 21.3. The Balaban J connectivity index is 1.12. The SMILES string of the molecule is CC(C)(C)OC(=O)NCCOCCOCC(=O)NCc1ccc(C[C@H](NC(=O)OCC2c3ccccc3-c3ccccc32)C(=O)O)cc1. The van der Waals surface area contributed by atoms with Gasteiger partial charge in [0.25, 0.3) is 0 Å². The number of carbonyl (C=O) groups excluding carboxylic acids is 3. The molecule has 0 saturated carbocycles. The molecule has 1 aliphatic rings. The summed E-state index contributed by atoms with van der Waals surface area (Å²) in [5.41, 5.74) is 5.28. The molecule has 0 radical (unpaired) electrons. The summed E-state index contributed by atoms with van der Waals surface area (Å²) >= 11 is 0. The molecule has 0 fully saturated rings. The Labute approximate surface area is 280 Å². The number of fused-ring (bicyclic) bond motifs is 3. The van der Waals surface area contributed by atoms with E-state index in [1.807, 2.05) is 48.5 Å². The molecule has 1 atom stereocenters. The summed E-state index contributed by atoms with van der Waals surface area (Å²) in [7, 11) is 0. The van der Waals surface area contributed by atoms with Gasteiger partial charge in [0.15, 0.2) is 0 Å². The van der Waals surface area contributed by atoms with Gasteiger partial charge in [0.2, 0.25) is 5.91 Å². The summed E-state index contributed by atoms with van der Waals surface area (Å²) in [6, 6.07) is 21.8. The highest BCUT2D eigenvalue weighted by Gasteiger charge is 2.30. The van der Waals surface area contributed by atoms with Crippen molar-refractivity contribution in [3.8, 4) is 11.1 Å². The molecule has 3 aromatic carbocycles. The lowest BCUT2D eigenvalue weighted by molar-refractivity contribution is -0.139. The lowest BCUT2D eigenvalue weighted by Gasteiger charge is -2.19. The van der Waals surface area contributed by atoms with E-state index in [0.717, 1.165) is 27.8 Å². The van der Waals surface area contributed by atoms with Crippen molar-refractivity contribution in [2.45, 2.75) is 51.3 Å². The van der Waals surface area contributed by atoms with Crippen molar-refractivity contribution in [1.82, 2.24) is 16.0 Å². The predicted octanol–water partition coefficient (Wildman–Crippen LogP) is 4.40. The van der Waals surface area contributed by atoms with Crippen LogP contribution in [0.3, 0.4) is 0 Å². The highest BCUT2D eigenvalue weighted by Crippen LogP contribution is 2.44. The van der Waals surface area contributed by atoms with Crippen molar-refractivity contribution in [1.29, 1.82) is 0 Å². The minimum Gasteiger partial charge on any atom is -0.480 e. The van der Waals surface area contributed by atoms with Crippen LogP contribution in [0.1, 0.15) is 48.9 Å². The van der Waals surface area contributed by atoms with Crippen LogP contribution in [0.2, 0.25) is 0 Å². The lowest BCUT2D eigenvalue weighted by Crippen LogP contribution is -2.42. The van der Waals surface area contributed by atoms with Crippen molar-refractivity contribution in [2.24, 2.45) is 0 Å². The molecular weight excluding hydrogens is 618 g/mol. The van der Waals surface area contributed by atoms with Gasteiger partial charge in [-0.05, 0) is 54.2 Å². The molecule has 48 heavy (non-hydrogen) atoms. The zero-order valence-corrected chi connectivity index (χ0v) is 27.5. The molecule has 12 heteroatoms. The molecule has 12 nitrogen and oxygen atoms in total. The van der Waals surface area contributed by atoms with Crippen molar-refractivity contribution in [3.05, 3.63) is 95.1 Å². The molecule has 4 rings (SSSR count). The first kappa shape index (κ1) is 35.9. The number of carbonyl (C=O) groups is 4.